The molecule has 0 atom stereocenters. The van der Waals surface area contributed by atoms with Gasteiger partial charge < -0.3 is 16.0 Å². The Morgan fingerprint density at radius 2 is 2.05 bits per heavy atom. The zero-order valence-electron chi connectivity index (χ0n) is 9.92. The first-order valence-electron chi connectivity index (χ1n) is 5.20. The zero-order chi connectivity index (χ0) is 14.2. The maximum absolute atomic E-state index is 11.3. The van der Waals surface area contributed by atoms with Crippen LogP contribution >= 0.6 is 11.6 Å². The summed E-state index contributed by atoms with van der Waals surface area (Å²) < 4.78 is 1.35. The van der Waals surface area contributed by atoms with Gasteiger partial charge in [0.25, 0.3) is 5.91 Å². The topological polar surface area (TPSA) is 117 Å². The Bertz CT molecular complexity index is 726. The van der Waals surface area contributed by atoms with Gasteiger partial charge in [-0.25, -0.2) is 9.97 Å². The summed E-state index contributed by atoms with van der Waals surface area (Å²) in [5.74, 6) is -0.932. The number of nitrogens with two attached hydrogens (primary N) is 2. The van der Waals surface area contributed by atoms with Crippen LogP contribution in [0.15, 0.2) is 23.1 Å². The Morgan fingerprint density at radius 1 is 1.37 bits per heavy atom. The van der Waals surface area contributed by atoms with Gasteiger partial charge >= 0.3 is 0 Å². The first kappa shape index (κ1) is 13.0. The van der Waals surface area contributed by atoms with Crippen molar-refractivity contribution in [2.45, 2.75) is 0 Å². The minimum atomic E-state index is -0.798. The lowest BCUT2D eigenvalue weighted by Crippen LogP contribution is -2.18. The first-order chi connectivity index (χ1) is 8.90. The Balaban J connectivity index is 2.67. The molecule has 0 aliphatic carbocycles. The summed E-state index contributed by atoms with van der Waals surface area (Å²) in [5.41, 5.74) is 11.1. The van der Waals surface area contributed by atoms with Gasteiger partial charge in [0, 0.05) is 24.9 Å². The van der Waals surface area contributed by atoms with E-state index in [1.165, 1.54) is 22.9 Å². The molecule has 0 saturated heterocycles. The van der Waals surface area contributed by atoms with E-state index in [1.54, 1.807) is 7.05 Å². The van der Waals surface area contributed by atoms with Crippen LogP contribution in [0.5, 0.6) is 0 Å². The number of hydrogen-bond acceptors (Lipinski definition) is 5. The molecule has 0 unspecified atom stereocenters. The summed E-state index contributed by atoms with van der Waals surface area (Å²) in [6.07, 6.45) is 1.53. The number of aromatic nitrogens is 3. The van der Waals surface area contributed by atoms with Crippen LogP contribution in [0.3, 0.4) is 0 Å². The monoisotopic (exact) mass is 279 g/mol. The minimum Gasteiger partial charge on any atom is -0.382 e. The molecule has 0 aromatic carbocycles. The number of hydrogen-bond donors (Lipinski definition) is 2. The second-order valence-corrected chi connectivity index (χ2v) is 4.19. The van der Waals surface area contributed by atoms with Crippen LogP contribution in [0, 0.1) is 0 Å². The number of primary amides is 1. The van der Waals surface area contributed by atoms with Crippen molar-refractivity contribution in [1.82, 2.24) is 14.5 Å². The van der Waals surface area contributed by atoms with E-state index in [0.717, 1.165) is 0 Å². The van der Waals surface area contributed by atoms with Gasteiger partial charge in [-0.2, -0.15) is 0 Å². The molecular weight excluding hydrogens is 270 g/mol. The van der Waals surface area contributed by atoms with Crippen LogP contribution in [-0.2, 0) is 7.05 Å². The van der Waals surface area contributed by atoms with E-state index in [-0.39, 0.29) is 27.9 Å². The Hall–Kier alpha value is -2.41. The molecule has 0 radical (unpaired) electrons. The van der Waals surface area contributed by atoms with Gasteiger partial charge in [0.2, 0.25) is 5.56 Å². The fourth-order valence-electron chi connectivity index (χ4n) is 1.53. The van der Waals surface area contributed by atoms with Gasteiger partial charge in [-0.15, -0.1) is 0 Å². The third-order valence-corrected chi connectivity index (χ3v) is 2.74. The maximum Gasteiger partial charge on any atom is 0.271 e. The number of pyridine rings is 1. The van der Waals surface area contributed by atoms with Crippen molar-refractivity contribution in [3.8, 4) is 11.3 Å². The second-order valence-electron chi connectivity index (χ2n) is 3.83. The molecule has 19 heavy (non-hydrogen) atoms. The standard InChI is InChI=1S/C11H10ClN5O2/c1-17-4-5(2-3-6(17)18)7-9(12)16-10(13)8(15-7)11(14)19/h2-4H,1H3,(H2,13,16)(H2,14,19). The third-order valence-electron chi connectivity index (χ3n) is 2.47. The van der Waals surface area contributed by atoms with E-state index >= 15 is 0 Å². The Kier molecular flexibility index (Phi) is 3.22. The van der Waals surface area contributed by atoms with Crippen LogP contribution in [0.25, 0.3) is 11.3 Å². The third kappa shape index (κ3) is 2.41. The molecule has 1 amide bonds. The van der Waals surface area contributed by atoms with E-state index in [4.69, 9.17) is 23.1 Å². The normalized spacial score (nSPS) is 10.4. The maximum atomic E-state index is 11.3. The Labute approximate surface area is 112 Å². The van der Waals surface area contributed by atoms with Crippen LogP contribution in [0.4, 0.5) is 5.82 Å². The lowest BCUT2D eigenvalue weighted by Gasteiger charge is -2.08. The van der Waals surface area contributed by atoms with Crippen molar-refractivity contribution in [2.24, 2.45) is 12.8 Å². The number of nitrogen functional groups attached to an aromatic ring is 1. The summed E-state index contributed by atoms with van der Waals surface area (Å²) in [6.45, 7) is 0. The number of anilines is 1. The molecule has 0 spiro atoms. The van der Waals surface area contributed by atoms with Crippen LogP contribution in [-0.4, -0.2) is 20.4 Å². The molecule has 2 aromatic heterocycles. The predicted molar refractivity (Wildman–Crippen MR) is 70.6 cm³/mol. The highest BCUT2D eigenvalue weighted by atomic mass is 35.5. The highest BCUT2D eigenvalue weighted by Gasteiger charge is 2.16. The van der Waals surface area contributed by atoms with E-state index in [0.29, 0.717) is 5.56 Å². The smallest absolute Gasteiger partial charge is 0.271 e. The number of halogens is 1. The molecule has 0 fully saturated rings. The summed E-state index contributed by atoms with van der Waals surface area (Å²) >= 11 is 5.94. The highest BCUT2D eigenvalue weighted by molar-refractivity contribution is 6.32. The molecule has 0 aliphatic heterocycles. The second kappa shape index (κ2) is 4.69. The molecular formula is C11H10ClN5O2. The molecule has 8 heteroatoms. The van der Waals surface area contributed by atoms with Crippen molar-refractivity contribution < 1.29 is 4.79 Å². The SMILES string of the molecule is Cn1cc(-c2nc(C(N)=O)c(N)nc2Cl)ccc1=O. The number of amides is 1. The van der Waals surface area contributed by atoms with Gasteiger partial charge in [-0.3, -0.25) is 9.59 Å². The van der Waals surface area contributed by atoms with E-state index in [1.807, 2.05) is 0 Å². The molecule has 0 saturated carbocycles. The van der Waals surface area contributed by atoms with Gasteiger partial charge in [-0.1, -0.05) is 11.6 Å². The van der Waals surface area contributed by atoms with E-state index in [9.17, 15) is 9.59 Å². The summed E-state index contributed by atoms with van der Waals surface area (Å²) in [6, 6.07) is 2.88. The van der Waals surface area contributed by atoms with Crippen molar-refractivity contribution in [3.05, 3.63) is 39.5 Å². The zero-order valence-corrected chi connectivity index (χ0v) is 10.7. The average Bonchev–Trinajstić information content (AvgIpc) is 2.32. The molecule has 2 rings (SSSR count). The van der Waals surface area contributed by atoms with Gasteiger partial charge in [0.1, 0.15) is 5.69 Å². The van der Waals surface area contributed by atoms with Gasteiger partial charge in [0.05, 0.1) is 0 Å². The van der Waals surface area contributed by atoms with Gasteiger partial charge in [0.15, 0.2) is 16.7 Å². The Morgan fingerprint density at radius 3 is 2.63 bits per heavy atom. The van der Waals surface area contributed by atoms with Crippen molar-refractivity contribution in [2.75, 3.05) is 5.73 Å². The molecule has 0 bridgehead atoms. The largest absolute Gasteiger partial charge is 0.382 e. The van der Waals surface area contributed by atoms with Crippen molar-refractivity contribution in [1.29, 1.82) is 0 Å². The summed E-state index contributed by atoms with van der Waals surface area (Å²) in [5, 5.41) is 0.0288. The number of aryl methyl sites for hydroxylation is 1. The van der Waals surface area contributed by atoms with Crippen molar-refractivity contribution in [3.63, 3.8) is 0 Å². The number of carbonyl (C=O) groups is 1. The van der Waals surface area contributed by atoms with Crippen LogP contribution < -0.4 is 17.0 Å². The van der Waals surface area contributed by atoms with Crippen LogP contribution in [0.2, 0.25) is 5.15 Å². The molecule has 98 valence electrons. The lowest BCUT2D eigenvalue weighted by molar-refractivity contribution is 0.0996. The first-order valence-corrected chi connectivity index (χ1v) is 5.58. The van der Waals surface area contributed by atoms with Crippen molar-refractivity contribution >= 4 is 23.3 Å². The number of rotatable bonds is 2. The summed E-state index contributed by atoms with van der Waals surface area (Å²) in [7, 11) is 1.58. The van der Waals surface area contributed by atoms with Crippen LogP contribution in [0.1, 0.15) is 10.5 Å². The van der Waals surface area contributed by atoms with E-state index < -0.39 is 5.91 Å². The van der Waals surface area contributed by atoms with Gasteiger partial charge in [-0.05, 0) is 6.07 Å². The average molecular weight is 280 g/mol. The van der Waals surface area contributed by atoms with E-state index in [2.05, 4.69) is 9.97 Å². The molecule has 4 N–H and O–H groups in total. The quantitative estimate of drug-likeness (QED) is 0.813. The summed E-state index contributed by atoms with van der Waals surface area (Å²) in [4.78, 5) is 30.3. The number of carbonyl (C=O) groups excluding carboxylic acids is 1. The number of nitrogens with zero attached hydrogens (tertiary/aromatic N) is 3. The highest BCUT2D eigenvalue weighted by Crippen LogP contribution is 2.25. The predicted octanol–water partition coefficient (Wildman–Crippen LogP) is 0.177. The molecule has 2 heterocycles. The molecule has 2 aromatic rings. The fourth-order valence-corrected chi connectivity index (χ4v) is 1.77. The lowest BCUT2D eigenvalue weighted by atomic mass is 10.2. The minimum absolute atomic E-state index is 0.0288. The molecule has 0 aliphatic rings. The molecule has 7 nitrogen and oxygen atoms in total. The fraction of sp³-hybridized carbons (Fsp3) is 0.0909.